The van der Waals surface area contributed by atoms with Crippen molar-refractivity contribution in [2.45, 2.75) is 52.0 Å². The fourth-order valence-electron chi connectivity index (χ4n) is 3.14. The first-order valence-electron chi connectivity index (χ1n) is 7.37. The van der Waals surface area contributed by atoms with E-state index < -0.39 is 11.4 Å². The number of nitrogens with one attached hydrogen (secondary N) is 1. The van der Waals surface area contributed by atoms with E-state index in [2.05, 4.69) is 10.4 Å². The van der Waals surface area contributed by atoms with Crippen molar-refractivity contribution in [2.75, 3.05) is 0 Å². The number of carbonyl (C=O) groups is 2. The van der Waals surface area contributed by atoms with Gasteiger partial charge in [0.15, 0.2) is 0 Å². The molecule has 21 heavy (non-hydrogen) atoms. The molecule has 0 radical (unpaired) electrons. The van der Waals surface area contributed by atoms with Crippen LogP contribution in [0.1, 0.15) is 56.3 Å². The second kappa shape index (κ2) is 5.87. The van der Waals surface area contributed by atoms with Crippen LogP contribution in [-0.4, -0.2) is 26.8 Å². The van der Waals surface area contributed by atoms with Gasteiger partial charge >= 0.3 is 5.97 Å². The third kappa shape index (κ3) is 3.09. The Kier molecular flexibility index (Phi) is 4.34. The van der Waals surface area contributed by atoms with Crippen molar-refractivity contribution in [3.8, 4) is 0 Å². The highest BCUT2D eigenvalue weighted by Gasteiger charge is 2.43. The summed E-state index contributed by atoms with van der Waals surface area (Å²) in [5, 5.41) is 16.5. The van der Waals surface area contributed by atoms with Crippen molar-refractivity contribution in [2.24, 2.45) is 12.5 Å². The van der Waals surface area contributed by atoms with Gasteiger partial charge in [0, 0.05) is 24.7 Å². The molecule has 1 amide bonds. The predicted molar refractivity (Wildman–Crippen MR) is 77.7 cm³/mol. The van der Waals surface area contributed by atoms with Crippen LogP contribution >= 0.6 is 0 Å². The number of aromatic nitrogens is 2. The quantitative estimate of drug-likeness (QED) is 0.869. The van der Waals surface area contributed by atoms with Crippen molar-refractivity contribution in [1.82, 2.24) is 15.1 Å². The van der Waals surface area contributed by atoms with Gasteiger partial charge in [-0.1, -0.05) is 12.8 Å². The Morgan fingerprint density at radius 2 is 2.10 bits per heavy atom. The smallest absolute Gasteiger partial charge is 0.310 e. The highest BCUT2D eigenvalue weighted by molar-refractivity contribution is 5.85. The number of carbonyl (C=O) groups excluding carboxylic acids is 1. The molecule has 0 aliphatic heterocycles. The molecular weight excluding hydrogens is 270 g/mol. The number of amides is 1. The fraction of sp³-hybridized carbons (Fsp3) is 0.667. The van der Waals surface area contributed by atoms with Crippen molar-refractivity contribution in [3.05, 3.63) is 17.5 Å². The molecule has 116 valence electrons. The second-order valence-electron chi connectivity index (χ2n) is 6.07. The van der Waals surface area contributed by atoms with Gasteiger partial charge in [-0.15, -0.1) is 0 Å². The van der Waals surface area contributed by atoms with E-state index in [0.717, 1.165) is 24.1 Å². The molecule has 0 saturated heterocycles. The van der Waals surface area contributed by atoms with E-state index in [1.54, 1.807) is 10.9 Å². The van der Waals surface area contributed by atoms with Gasteiger partial charge in [0.1, 0.15) is 0 Å². The minimum atomic E-state index is -0.867. The number of aliphatic carboxylic acids is 1. The molecule has 1 saturated carbocycles. The highest BCUT2D eigenvalue weighted by atomic mass is 16.4. The topological polar surface area (TPSA) is 84.2 Å². The Hall–Kier alpha value is -1.85. The van der Waals surface area contributed by atoms with Crippen molar-refractivity contribution in [1.29, 1.82) is 0 Å². The van der Waals surface area contributed by atoms with Gasteiger partial charge in [-0.25, -0.2) is 0 Å². The van der Waals surface area contributed by atoms with Crippen LogP contribution in [0.15, 0.2) is 6.20 Å². The fourth-order valence-corrected chi connectivity index (χ4v) is 3.14. The summed E-state index contributed by atoms with van der Waals surface area (Å²) < 4.78 is 1.76. The number of hydrogen-bond donors (Lipinski definition) is 2. The normalized spacial score (nSPS) is 18.4. The Bertz CT molecular complexity index is 544. The molecule has 6 nitrogen and oxygen atoms in total. The average molecular weight is 293 g/mol. The van der Waals surface area contributed by atoms with E-state index in [1.807, 2.05) is 20.9 Å². The highest BCUT2D eigenvalue weighted by Crippen LogP contribution is 2.41. The molecule has 1 fully saturated rings. The van der Waals surface area contributed by atoms with Crippen molar-refractivity contribution in [3.63, 3.8) is 0 Å². The van der Waals surface area contributed by atoms with Gasteiger partial charge in [0.2, 0.25) is 5.91 Å². The molecule has 0 aromatic carbocycles. The minimum absolute atomic E-state index is 0.0615. The maximum Gasteiger partial charge on any atom is 0.310 e. The monoisotopic (exact) mass is 293 g/mol. The summed E-state index contributed by atoms with van der Waals surface area (Å²) in [6.07, 6.45) is 4.76. The lowest BCUT2D eigenvalue weighted by molar-refractivity contribution is -0.151. The number of aryl methyl sites for hydroxylation is 1. The van der Waals surface area contributed by atoms with E-state index in [1.165, 1.54) is 0 Å². The van der Waals surface area contributed by atoms with Crippen LogP contribution in [0.2, 0.25) is 0 Å². The molecule has 0 bridgehead atoms. The Balaban J connectivity index is 2.01. The lowest BCUT2D eigenvalue weighted by Gasteiger charge is -2.24. The van der Waals surface area contributed by atoms with Crippen LogP contribution in [-0.2, 0) is 16.6 Å². The number of nitrogens with zero attached hydrogens (tertiary/aromatic N) is 2. The molecule has 1 heterocycles. The van der Waals surface area contributed by atoms with Gasteiger partial charge < -0.3 is 10.4 Å². The van der Waals surface area contributed by atoms with Crippen molar-refractivity contribution < 1.29 is 14.7 Å². The molecule has 1 atom stereocenters. The second-order valence-corrected chi connectivity index (χ2v) is 6.07. The van der Waals surface area contributed by atoms with Crippen LogP contribution in [0.25, 0.3) is 0 Å². The summed E-state index contributed by atoms with van der Waals surface area (Å²) in [7, 11) is 1.85. The zero-order valence-electron chi connectivity index (χ0n) is 12.8. The van der Waals surface area contributed by atoms with Crippen molar-refractivity contribution >= 4 is 11.9 Å². The van der Waals surface area contributed by atoms with Crippen LogP contribution in [0.4, 0.5) is 0 Å². The van der Waals surface area contributed by atoms with E-state index in [4.69, 9.17) is 0 Å². The third-order valence-corrected chi connectivity index (χ3v) is 4.63. The third-order valence-electron chi connectivity index (χ3n) is 4.63. The average Bonchev–Trinajstić information content (AvgIpc) is 2.99. The molecule has 1 aromatic rings. The van der Waals surface area contributed by atoms with E-state index in [9.17, 15) is 14.7 Å². The van der Waals surface area contributed by atoms with Gasteiger partial charge in [-0.2, -0.15) is 5.10 Å². The van der Waals surface area contributed by atoms with E-state index in [-0.39, 0.29) is 18.4 Å². The summed E-state index contributed by atoms with van der Waals surface area (Å²) in [4.78, 5) is 23.7. The summed E-state index contributed by atoms with van der Waals surface area (Å²) in [6.45, 7) is 3.84. The Morgan fingerprint density at radius 3 is 2.57 bits per heavy atom. The van der Waals surface area contributed by atoms with Crippen LogP contribution in [0.5, 0.6) is 0 Å². The van der Waals surface area contributed by atoms with Gasteiger partial charge in [-0.05, 0) is 26.7 Å². The molecule has 2 rings (SSSR count). The standard InChI is InChI=1S/C15H23N3O3/c1-10(12-9-16-18(3)11(12)2)17-13(19)8-15(14(20)21)6-4-5-7-15/h9-10H,4-8H2,1-3H3,(H,17,19)(H,20,21). The van der Waals surface area contributed by atoms with Crippen LogP contribution in [0.3, 0.4) is 0 Å². The molecule has 6 heteroatoms. The summed E-state index contributed by atoms with van der Waals surface area (Å²) in [5.74, 6) is -1.05. The first-order chi connectivity index (χ1) is 9.85. The molecular formula is C15H23N3O3. The maximum atomic E-state index is 12.2. The largest absolute Gasteiger partial charge is 0.481 e. The first-order valence-corrected chi connectivity index (χ1v) is 7.37. The van der Waals surface area contributed by atoms with Gasteiger partial charge in [0.05, 0.1) is 17.7 Å². The molecule has 1 aromatic heterocycles. The Labute approximate surface area is 124 Å². The van der Waals surface area contributed by atoms with Crippen LogP contribution < -0.4 is 5.32 Å². The van der Waals surface area contributed by atoms with E-state index in [0.29, 0.717) is 12.8 Å². The lowest BCUT2D eigenvalue weighted by Crippen LogP contribution is -2.36. The van der Waals surface area contributed by atoms with Gasteiger partial charge in [-0.3, -0.25) is 14.3 Å². The lowest BCUT2D eigenvalue weighted by atomic mass is 9.82. The summed E-state index contributed by atoms with van der Waals surface area (Å²) in [6, 6.07) is -0.168. The SMILES string of the molecule is Cc1c(C(C)NC(=O)CC2(C(=O)O)CCCC2)cnn1C. The summed E-state index contributed by atoms with van der Waals surface area (Å²) in [5.41, 5.74) is 1.09. The predicted octanol–water partition coefficient (Wildman–Crippen LogP) is 1.94. The number of carboxylic acid groups (broad SMARTS) is 1. The van der Waals surface area contributed by atoms with Crippen LogP contribution in [0, 0.1) is 12.3 Å². The molecule has 1 aliphatic carbocycles. The minimum Gasteiger partial charge on any atom is -0.481 e. The number of hydrogen-bond acceptors (Lipinski definition) is 3. The van der Waals surface area contributed by atoms with E-state index >= 15 is 0 Å². The zero-order valence-corrected chi connectivity index (χ0v) is 12.8. The number of carboxylic acids is 1. The molecule has 1 aliphatic rings. The maximum absolute atomic E-state index is 12.2. The molecule has 2 N–H and O–H groups in total. The zero-order chi connectivity index (χ0) is 15.6. The van der Waals surface area contributed by atoms with Gasteiger partial charge in [0.25, 0.3) is 0 Å². The first kappa shape index (κ1) is 15.5. The molecule has 1 unspecified atom stereocenters. The number of rotatable bonds is 5. The Morgan fingerprint density at radius 1 is 1.48 bits per heavy atom. The summed E-state index contributed by atoms with van der Waals surface area (Å²) >= 11 is 0. The molecule has 0 spiro atoms.